The van der Waals surface area contributed by atoms with Gasteiger partial charge in [0.1, 0.15) is 12.4 Å². The lowest BCUT2D eigenvalue weighted by molar-refractivity contribution is -0.147. The zero-order valence-corrected chi connectivity index (χ0v) is 14.0. The third-order valence-corrected chi connectivity index (χ3v) is 3.75. The summed E-state index contributed by atoms with van der Waals surface area (Å²) in [7, 11) is 0. The number of nitrogens with one attached hydrogen (secondary N) is 1. The van der Waals surface area contributed by atoms with Gasteiger partial charge >= 0.3 is 5.97 Å². The average Bonchev–Trinajstić information content (AvgIpc) is 2.87. The highest BCUT2D eigenvalue weighted by Gasteiger charge is 2.36. The molecule has 0 radical (unpaired) electrons. The molecule has 1 aromatic heterocycles. The highest BCUT2D eigenvalue weighted by Crippen LogP contribution is 2.22. The Hall–Kier alpha value is -3.26. The number of anilines is 1. The molecule has 0 atom stereocenters. The quantitative estimate of drug-likeness (QED) is 0.629. The zero-order chi connectivity index (χ0) is 18.7. The lowest BCUT2D eigenvalue weighted by atomic mass is 10.1. The number of fused-ring (bicyclic) bond motifs is 1. The van der Waals surface area contributed by atoms with Crippen LogP contribution in [-0.2, 0) is 14.3 Å². The second kappa shape index (κ2) is 7.32. The Morgan fingerprint density at radius 3 is 2.31 bits per heavy atom. The molecule has 2 heterocycles. The van der Waals surface area contributed by atoms with Crippen molar-refractivity contribution in [2.75, 3.05) is 18.5 Å². The molecule has 1 aromatic carbocycles. The van der Waals surface area contributed by atoms with Gasteiger partial charge in [-0.2, -0.15) is 0 Å². The van der Waals surface area contributed by atoms with E-state index in [9.17, 15) is 19.2 Å². The van der Waals surface area contributed by atoms with Gasteiger partial charge in [-0.25, -0.2) is 4.98 Å². The Morgan fingerprint density at radius 2 is 1.73 bits per heavy atom. The summed E-state index contributed by atoms with van der Waals surface area (Å²) in [6, 6.07) is 9.29. The highest BCUT2D eigenvalue weighted by atomic mass is 35.5. The topological polar surface area (TPSA) is 106 Å². The van der Waals surface area contributed by atoms with Crippen LogP contribution in [0.1, 0.15) is 20.7 Å². The summed E-state index contributed by atoms with van der Waals surface area (Å²) >= 11 is 5.68. The number of hydrogen-bond acceptors (Lipinski definition) is 6. The molecule has 0 spiro atoms. The first-order valence-electron chi connectivity index (χ1n) is 7.48. The molecule has 3 amide bonds. The van der Waals surface area contributed by atoms with Gasteiger partial charge in [-0.3, -0.25) is 24.1 Å². The lowest BCUT2D eigenvalue weighted by Gasteiger charge is -2.13. The fourth-order valence-electron chi connectivity index (χ4n) is 2.33. The Labute approximate surface area is 152 Å². The van der Waals surface area contributed by atoms with Gasteiger partial charge in [0.25, 0.3) is 17.7 Å². The van der Waals surface area contributed by atoms with E-state index in [0.29, 0.717) is 5.02 Å². The van der Waals surface area contributed by atoms with Crippen molar-refractivity contribution in [1.29, 1.82) is 0 Å². The molecule has 0 bridgehead atoms. The molecule has 8 nitrogen and oxygen atoms in total. The molecule has 0 unspecified atom stereocenters. The Bertz CT molecular complexity index is 863. The molecule has 2 aromatic rings. The maximum absolute atomic E-state index is 12.1. The largest absolute Gasteiger partial charge is 0.454 e. The van der Waals surface area contributed by atoms with Crippen molar-refractivity contribution in [2.45, 2.75) is 0 Å². The number of pyridine rings is 1. The van der Waals surface area contributed by atoms with Gasteiger partial charge in [-0.05, 0) is 24.3 Å². The van der Waals surface area contributed by atoms with E-state index in [0.717, 1.165) is 4.90 Å². The average molecular weight is 374 g/mol. The molecule has 132 valence electrons. The third-order valence-electron chi connectivity index (χ3n) is 3.52. The predicted molar refractivity (Wildman–Crippen MR) is 90.6 cm³/mol. The second-order valence-electron chi connectivity index (χ2n) is 5.31. The standard InChI is InChI=1S/C17H12ClN3O5/c18-10-5-6-13(19-7-10)20-14(22)9-26-15(23)8-21-16(24)11-3-1-2-4-12(11)17(21)25/h1-7H,8-9H2,(H,19,20,22). The summed E-state index contributed by atoms with van der Waals surface area (Å²) in [6.07, 6.45) is 1.35. The van der Waals surface area contributed by atoms with Crippen LogP contribution in [0.5, 0.6) is 0 Å². The van der Waals surface area contributed by atoms with Crippen LogP contribution in [0, 0.1) is 0 Å². The summed E-state index contributed by atoms with van der Waals surface area (Å²) in [6.45, 7) is -1.15. The summed E-state index contributed by atoms with van der Waals surface area (Å²) in [5.74, 6) is -2.39. The van der Waals surface area contributed by atoms with Crippen molar-refractivity contribution >= 4 is 41.1 Å². The van der Waals surface area contributed by atoms with Crippen LogP contribution in [0.4, 0.5) is 5.82 Å². The number of ether oxygens (including phenoxy) is 1. The minimum absolute atomic E-state index is 0.233. The van der Waals surface area contributed by atoms with Crippen LogP contribution in [0.25, 0.3) is 0 Å². The van der Waals surface area contributed by atoms with Gasteiger partial charge in [-0.15, -0.1) is 0 Å². The Balaban J connectivity index is 1.52. The lowest BCUT2D eigenvalue weighted by Crippen LogP contribution is -2.36. The third kappa shape index (κ3) is 3.70. The molecule has 0 saturated heterocycles. The van der Waals surface area contributed by atoms with E-state index in [1.165, 1.54) is 24.4 Å². The molecule has 1 aliphatic heterocycles. The van der Waals surface area contributed by atoms with Gasteiger partial charge in [0.2, 0.25) is 0 Å². The summed E-state index contributed by atoms with van der Waals surface area (Å²) < 4.78 is 4.81. The molecule has 0 saturated carbocycles. The van der Waals surface area contributed by atoms with Crippen molar-refractivity contribution in [3.8, 4) is 0 Å². The molecule has 1 aliphatic rings. The SMILES string of the molecule is O=C(COC(=O)CN1C(=O)c2ccccc2C1=O)Nc1ccc(Cl)cn1. The zero-order valence-electron chi connectivity index (χ0n) is 13.3. The fourth-order valence-corrected chi connectivity index (χ4v) is 2.44. The van der Waals surface area contributed by atoms with Crippen molar-refractivity contribution in [2.24, 2.45) is 0 Å². The van der Waals surface area contributed by atoms with E-state index < -0.39 is 36.8 Å². The molecule has 9 heteroatoms. The van der Waals surface area contributed by atoms with Gasteiger partial charge in [0.15, 0.2) is 6.61 Å². The van der Waals surface area contributed by atoms with Crippen LogP contribution in [-0.4, -0.2) is 46.7 Å². The number of hydrogen-bond donors (Lipinski definition) is 1. The van der Waals surface area contributed by atoms with Crippen LogP contribution in [0.2, 0.25) is 5.02 Å². The maximum Gasteiger partial charge on any atom is 0.326 e. The van der Waals surface area contributed by atoms with Crippen molar-refractivity contribution in [1.82, 2.24) is 9.88 Å². The normalized spacial score (nSPS) is 12.7. The Morgan fingerprint density at radius 1 is 1.08 bits per heavy atom. The number of carbonyl (C=O) groups excluding carboxylic acids is 4. The summed E-state index contributed by atoms with van der Waals surface area (Å²) in [5, 5.41) is 2.83. The van der Waals surface area contributed by atoms with E-state index >= 15 is 0 Å². The number of aromatic nitrogens is 1. The molecule has 3 rings (SSSR count). The van der Waals surface area contributed by atoms with Gasteiger partial charge in [-0.1, -0.05) is 23.7 Å². The first kappa shape index (κ1) is 17.6. The number of esters is 1. The van der Waals surface area contributed by atoms with E-state index in [1.54, 1.807) is 18.2 Å². The van der Waals surface area contributed by atoms with Gasteiger partial charge < -0.3 is 10.1 Å². The monoisotopic (exact) mass is 373 g/mol. The molecule has 26 heavy (non-hydrogen) atoms. The van der Waals surface area contributed by atoms with E-state index in [-0.39, 0.29) is 16.9 Å². The number of amides is 3. The minimum atomic E-state index is -0.876. The van der Waals surface area contributed by atoms with E-state index in [1.807, 2.05) is 0 Å². The van der Waals surface area contributed by atoms with Crippen LogP contribution in [0.15, 0.2) is 42.6 Å². The highest BCUT2D eigenvalue weighted by molar-refractivity contribution is 6.30. The van der Waals surface area contributed by atoms with Crippen molar-refractivity contribution in [3.05, 3.63) is 58.7 Å². The molecule has 1 N–H and O–H groups in total. The van der Waals surface area contributed by atoms with Crippen LogP contribution >= 0.6 is 11.6 Å². The Kier molecular flexibility index (Phi) is 4.94. The van der Waals surface area contributed by atoms with Crippen molar-refractivity contribution in [3.63, 3.8) is 0 Å². The number of benzene rings is 1. The molecular formula is C17H12ClN3O5. The van der Waals surface area contributed by atoms with Crippen LogP contribution in [0.3, 0.4) is 0 Å². The van der Waals surface area contributed by atoms with Crippen molar-refractivity contribution < 1.29 is 23.9 Å². The van der Waals surface area contributed by atoms with E-state index in [2.05, 4.69) is 10.3 Å². The fraction of sp³-hybridized carbons (Fsp3) is 0.118. The molecule has 0 aliphatic carbocycles. The van der Waals surface area contributed by atoms with Crippen LogP contribution < -0.4 is 5.32 Å². The number of rotatable bonds is 5. The summed E-state index contributed by atoms with van der Waals surface area (Å²) in [5.41, 5.74) is 0.466. The number of halogens is 1. The summed E-state index contributed by atoms with van der Waals surface area (Å²) in [4.78, 5) is 52.5. The predicted octanol–water partition coefficient (Wildman–Crippen LogP) is 1.51. The number of carbonyl (C=O) groups is 4. The first-order chi connectivity index (χ1) is 12.5. The molecular weight excluding hydrogens is 362 g/mol. The number of nitrogens with zero attached hydrogens (tertiary/aromatic N) is 2. The first-order valence-corrected chi connectivity index (χ1v) is 7.86. The maximum atomic E-state index is 12.1. The number of imide groups is 1. The van der Waals surface area contributed by atoms with E-state index in [4.69, 9.17) is 16.3 Å². The van der Waals surface area contributed by atoms with Gasteiger partial charge in [0, 0.05) is 6.20 Å². The smallest absolute Gasteiger partial charge is 0.326 e. The minimum Gasteiger partial charge on any atom is -0.454 e. The molecule has 0 fully saturated rings. The van der Waals surface area contributed by atoms with Gasteiger partial charge in [0.05, 0.1) is 16.1 Å². The second-order valence-corrected chi connectivity index (χ2v) is 5.75.